The van der Waals surface area contributed by atoms with Gasteiger partial charge in [-0.05, 0) is 172 Å². The average Bonchev–Trinajstić information content (AvgIpc) is 1.82. The third-order valence-corrected chi connectivity index (χ3v) is 16.7. The molecule has 0 bridgehead atoms. The molecule has 90 heavy (non-hydrogen) atoms. The van der Waals surface area contributed by atoms with Gasteiger partial charge in [0.2, 0.25) is 23.8 Å². The maximum atomic E-state index is 11.5. The number of nitrogen functional groups attached to an aromatic ring is 2. The molecule has 25 nitrogen and oxygen atoms in total. The number of amides is 1. The fourth-order valence-electron chi connectivity index (χ4n) is 12.2. The highest BCUT2D eigenvalue weighted by Crippen LogP contribution is 2.33. The highest BCUT2D eigenvalue weighted by molar-refractivity contribution is 5.91. The first kappa shape index (κ1) is 64.1. The third kappa shape index (κ3) is 15.7. The Hall–Kier alpha value is -8.94. The van der Waals surface area contributed by atoms with Gasteiger partial charge < -0.3 is 79.6 Å². The lowest BCUT2D eigenvalue weighted by Crippen LogP contribution is -2.43. The van der Waals surface area contributed by atoms with Crippen LogP contribution in [0.25, 0.3) is 33.5 Å². The van der Waals surface area contributed by atoms with E-state index in [9.17, 15) is 4.79 Å². The van der Waals surface area contributed by atoms with Gasteiger partial charge in [0.25, 0.3) is 0 Å². The van der Waals surface area contributed by atoms with E-state index >= 15 is 0 Å². The van der Waals surface area contributed by atoms with Gasteiger partial charge in [0.15, 0.2) is 50.9 Å². The normalized spacial score (nSPS) is 19.3. The van der Waals surface area contributed by atoms with Crippen molar-refractivity contribution in [2.75, 3.05) is 48.7 Å². The maximum absolute atomic E-state index is 11.5. The van der Waals surface area contributed by atoms with Crippen LogP contribution >= 0.6 is 0 Å². The van der Waals surface area contributed by atoms with E-state index in [1.807, 2.05) is 92.6 Å². The molecule has 3 aliphatic rings. The minimum Gasteiger partial charge on any atom is -0.399 e. The van der Waals surface area contributed by atoms with Gasteiger partial charge >= 0.3 is 0 Å². The van der Waals surface area contributed by atoms with Gasteiger partial charge in [-0.3, -0.25) is 4.79 Å². The number of rotatable bonds is 16. The number of nitrogens with zero attached hydrogens (tertiary/aromatic N) is 12. The summed E-state index contributed by atoms with van der Waals surface area (Å²) in [7, 11) is 0. The Morgan fingerprint density at radius 2 is 0.733 bits per heavy atom. The summed E-state index contributed by atoms with van der Waals surface area (Å²) in [5.41, 5.74) is 43.4. The lowest BCUT2D eigenvalue weighted by Gasteiger charge is -2.29. The van der Waals surface area contributed by atoms with E-state index in [4.69, 9.17) is 58.6 Å². The van der Waals surface area contributed by atoms with Crippen LogP contribution in [0.3, 0.4) is 0 Å². The van der Waals surface area contributed by atoms with Crippen LogP contribution in [-0.2, 0) is 4.79 Å². The van der Waals surface area contributed by atoms with Crippen molar-refractivity contribution in [1.82, 2.24) is 58.6 Å². The van der Waals surface area contributed by atoms with E-state index in [1.54, 1.807) is 6.33 Å². The third-order valence-electron chi connectivity index (χ3n) is 16.7. The van der Waals surface area contributed by atoms with Crippen LogP contribution in [-0.4, -0.2) is 101 Å². The van der Waals surface area contributed by atoms with Gasteiger partial charge in [-0.25, -0.2) is 15.0 Å². The molecule has 3 saturated carbocycles. The summed E-state index contributed by atoms with van der Waals surface area (Å²) in [5, 5.41) is 23.4. The fraction of sp³-hybridized carbons (Fsp3) is 0.477. The predicted molar refractivity (Wildman–Crippen MR) is 365 cm³/mol. The molecule has 0 saturated heterocycles. The molecule has 0 unspecified atom stereocenters. The Labute approximate surface area is 526 Å². The molecule has 3 aromatic carbocycles. The number of hydrogen-bond acceptors (Lipinski definition) is 21. The smallest absolute Gasteiger partial charge is 0.227 e. The lowest BCUT2D eigenvalue weighted by molar-refractivity contribution is -0.114. The first-order valence-corrected chi connectivity index (χ1v) is 31.9. The fourth-order valence-corrected chi connectivity index (χ4v) is 12.2. The largest absolute Gasteiger partial charge is 0.399 e. The molecule has 3 aliphatic carbocycles. The number of nitrogens with one attached hydrogen (secondary N) is 7. The van der Waals surface area contributed by atoms with Crippen molar-refractivity contribution >= 4 is 109 Å². The standard InChI is InChI=1S/C23H32N8O.2C21H30N8/c1-13(2)31-12-25-20-21(27-17-10-14(3)9-16(11-17)26-15(4)32)29-23(30-22(20)31)28-19-8-6-5-7-18(19)24;2*1-12(2)29-11-24-18-19(25-15-9-13(3)8-14(22)10-15)27-21(28-20(18)29)26-17-7-5-4-6-16(17)23/h9-13,18-19H,5-8,24H2,1-4H3,(H,26,32)(H2,27,28,29,30);2*8-12,16-17H,4-7,22-23H2,1-3H3,(H2,25,26,27,28)/t18-,19+;2*16-,17-/m010/s1. The summed E-state index contributed by atoms with van der Waals surface area (Å²) in [4.78, 5) is 53.9. The van der Waals surface area contributed by atoms with Crippen molar-refractivity contribution in [3.63, 3.8) is 0 Å². The molecule has 12 rings (SSSR count). The number of anilines is 12. The first-order chi connectivity index (χ1) is 43.1. The molecule has 25 heteroatoms. The first-order valence-electron chi connectivity index (χ1n) is 31.9. The van der Waals surface area contributed by atoms with E-state index in [0.717, 1.165) is 119 Å². The molecular formula is C65H92N24O. The van der Waals surface area contributed by atoms with Crippen molar-refractivity contribution in [3.8, 4) is 0 Å². The summed E-state index contributed by atoms with van der Waals surface area (Å²) in [5.74, 6) is 3.51. The van der Waals surface area contributed by atoms with E-state index in [1.165, 1.54) is 32.6 Å². The molecule has 6 heterocycles. The summed E-state index contributed by atoms with van der Waals surface area (Å²) in [6.45, 7) is 20.2. The molecule has 6 aromatic heterocycles. The van der Waals surface area contributed by atoms with Gasteiger partial charge in [-0.1, -0.05) is 38.5 Å². The summed E-state index contributed by atoms with van der Waals surface area (Å²) < 4.78 is 6.14. The number of aromatic nitrogens is 12. The maximum Gasteiger partial charge on any atom is 0.227 e. The zero-order valence-corrected chi connectivity index (χ0v) is 53.8. The predicted octanol–water partition coefficient (Wildman–Crippen LogP) is 11.5. The van der Waals surface area contributed by atoms with Crippen LogP contribution < -0.4 is 65.9 Å². The number of aryl methyl sites for hydroxylation is 3. The highest BCUT2D eigenvalue weighted by Gasteiger charge is 2.28. The van der Waals surface area contributed by atoms with Crippen LogP contribution in [0.2, 0.25) is 0 Å². The second kappa shape index (κ2) is 28.3. The molecule has 9 aromatic rings. The number of benzene rings is 3. The van der Waals surface area contributed by atoms with Crippen LogP contribution in [0.15, 0.2) is 73.6 Å². The lowest BCUT2D eigenvalue weighted by atomic mass is 9.91. The molecule has 17 N–H and O–H groups in total. The Morgan fingerprint density at radius 1 is 0.433 bits per heavy atom. The Morgan fingerprint density at radius 3 is 1.03 bits per heavy atom. The van der Waals surface area contributed by atoms with Crippen molar-refractivity contribution in [1.29, 1.82) is 0 Å². The van der Waals surface area contributed by atoms with Crippen molar-refractivity contribution in [2.45, 2.75) is 201 Å². The Balaban J connectivity index is 0.000000149. The second-order valence-electron chi connectivity index (χ2n) is 25.4. The Kier molecular flexibility index (Phi) is 20.1. The molecular weight excluding hydrogens is 1130 g/mol. The zero-order chi connectivity index (χ0) is 63.9. The van der Waals surface area contributed by atoms with Crippen LogP contribution in [0.4, 0.5) is 69.4 Å². The molecule has 478 valence electrons. The van der Waals surface area contributed by atoms with E-state index < -0.39 is 0 Å². The van der Waals surface area contributed by atoms with Crippen molar-refractivity contribution in [2.24, 2.45) is 17.2 Å². The summed E-state index contributed by atoms with van der Waals surface area (Å²) in [6, 6.07) is 19.1. The zero-order valence-electron chi connectivity index (χ0n) is 53.8. The molecule has 6 atom stereocenters. The van der Waals surface area contributed by atoms with Gasteiger partial charge in [0.1, 0.15) is 0 Å². The van der Waals surface area contributed by atoms with E-state index in [-0.39, 0.29) is 60.3 Å². The van der Waals surface area contributed by atoms with Gasteiger partial charge in [0.05, 0.1) is 19.0 Å². The summed E-state index contributed by atoms with van der Waals surface area (Å²) >= 11 is 0. The highest BCUT2D eigenvalue weighted by atomic mass is 16.1. The SMILES string of the molecule is CC(=O)Nc1cc(C)cc(Nc2nc(N[C@@H]3CCCC[C@@H]3N)nc3c2ncn3C(C)C)c1.Cc1cc(N)cc(Nc2nc(N[C@@H]3CCCC[C@H]3N)nc3c2ncn3C(C)C)c1.Cc1cc(N)cc(Nc2nc(N[C@H]3CCCC[C@@H]3N)nc3c2ncn3C(C)C)c1. The molecule has 0 radical (unpaired) electrons. The van der Waals surface area contributed by atoms with Crippen molar-refractivity contribution in [3.05, 3.63) is 90.3 Å². The number of hydrogen-bond donors (Lipinski definition) is 12. The molecule has 0 spiro atoms. The number of carbonyl (C=O) groups is 1. The van der Waals surface area contributed by atoms with E-state index in [0.29, 0.717) is 52.2 Å². The number of nitrogens with two attached hydrogens (primary N) is 5. The van der Waals surface area contributed by atoms with Crippen LogP contribution in [0, 0.1) is 20.8 Å². The summed E-state index contributed by atoms with van der Waals surface area (Å²) in [6.07, 6.45) is 18.6. The number of carbonyl (C=O) groups excluding carboxylic acids is 1. The monoisotopic (exact) mass is 1220 g/mol. The number of fused-ring (bicyclic) bond motifs is 3. The molecule has 1 amide bonds. The van der Waals surface area contributed by atoms with Crippen LogP contribution in [0.1, 0.15) is 160 Å². The molecule has 3 fully saturated rings. The average molecular weight is 1230 g/mol. The van der Waals surface area contributed by atoms with Gasteiger partial charge in [0, 0.05) is 95.4 Å². The van der Waals surface area contributed by atoms with E-state index in [2.05, 4.69) is 103 Å². The van der Waals surface area contributed by atoms with Gasteiger partial charge in [-0.15, -0.1) is 0 Å². The molecule has 0 aliphatic heterocycles. The minimum atomic E-state index is -0.114. The Bertz CT molecular complexity index is 3740. The minimum absolute atomic E-state index is 0.0893. The van der Waals surface area contributed by atoms with Crippen molar-refractivity contribution < 1.29 is 4.79 Å². The van der Waals surface area contributed by atoms with Crippen LogP contribution in [0.5, 0.6) is 0 Å². The topological polar surface area (TPSA) is 362 Å². The quantitative estimate of drug-likeness (QED) is 0.0400. The number of imidazole rings is 3. The van der Waals surface area contributed by atoms with Gasteiger partial charge in [-0.2, -0.15) is 29.9 Å². The second-order valence-corrected chi connectivity index (χ2v) is 25.4.